The van der Waals surface area contributed by atoms with Crippen molar-refractivity contribution in [3.05, 3.63) is 12.8 Å². The van der Waals surface area contributed by atoms with Gasteiger partial charge < -0.3 is 19.7 Å². The SMILES string of the molecule is C=COCCNC(=S)N1CCOCC1. The Balaban J connectivity index is 2.10. The van der Waals surface area contributed by atoms with Gasteiger partial charge in [0.15, 0.2) is 5.11 Å². The molecule has 0 aromatic heterocycles. The van der Waals surface area contributed by atoms with Crippen LogP contribution in [0.15, 0.2) is 12.8 Å². The van der Waals surface area contributed by atoms with Crippen LogP contribution in [0.2, 0.25) is 0 Å². The van der Waals surface area contributed by atoms with Gasteiger partial charge in [-0.1, -0.05) is 6.58 Å². The lowest BCUT2D eigenvalue weighted by molar-refractivity contribution is 0.0675. The minimum atomic E-state index is 0.591. The molecule has 0 amide bonds. The smallest absolute Gasteiger partial charge is 0.169 e. The molecule has 0 aromatic rings. The second-order valence-electron chi connectivity index (χ2n) is 2.87. The van der Waals surface area contributed by atoms with Crippen molar-refractivity contribution in [1.29, 1.82) is 0 Å². The van der Waals surface area contributed by atoms with Gasteiger partial charge in [-0.05, 0) is 12.2 Å². The lowest BCUT2D eigenvalue weighted by Crippen LogP contribution is -2.46. The largest absolute Gasteiger partial charge is 0.500 e. The zero-order valence-electron chi connectivity index (χ0n) is 8.20. The first-order valence-corrected chi connectivity index (χ1v) is 5.08. The Morgan fingerprint density at radius 3 is 2.93 bits per heavy atom. The Labute approximate surface area is 89.9 Å². The molecule has 80 valence electrons. The second kappa shape index (κ2) is 6.62. The highest BCUT2D eigenvalue weighted by atomic mass is 32.1. The van der Waals surface area contributed by atoms with E-state index < -0.39 is 0 Å². The molecule has 0 bridgehead atoms. The van der Waals surface area contributed by atoms with E-state index in [0.29, 0.717) is 13.2 Å². The van der Waals surface area contributed by atoms with E-state index in [-0.39, 0.29) is 0 Å². The molecule has 4 nitrogen and oxygen atoms in total. The van der Waals surface area contributed by atoms with Gasteiger partial charge in [0, 0.05) is 13.1 Å². The van der Waals surface area contributed by atoms with E-state index in [4.69, 9.17) is 21.7 Å². The highest BCUT2D eigenvalue weighted by Gasteiger charge is 2.12. The minimum Gasteiger partial charge on any atom is -0.500 e. The summed E-state index contributed by atoms with van der Waals surface area (Å²) in [5, 5.41) is 3.89. The normalized spacial score (nSPS) is 16.1. The van der Waals surface area contributed by atoms with Crippen LogP contribution in [0.25, 0.3) is 0 Å². The molecule has 1 saturated heterocycles. The average Bonchev–Trinajstić information content (AvgIpc) is 2.25. The Bertz CT molecular complexity index is 193. The molecule has 0 unspecified atom stereocenters. The van der Waals surface area contributed by atoms with Gasteiger partial charge in [0.25, 0.3) is 0 Å². The monoisotopic (exact) mass is 216 g/mol. The molecule has 0 aliphatic carbocycles. The van der Waals surface area contributed by atoms with Crippen LogP contribution in [0.4, 0.5) is 0 Å². The van der Waals surface area contributed by atoms with Gasteiger partial charge >= 0.3 is 0 Å². The molecule has 1 N–H and O–H groups in total. The van der Waals surface area contributed by atoms with Gasteiger partial charge in [0.1, 0.15) is 6.61 Å². The molecule has 0 radical (unpaired) electrons. The number of thiocarbonyl (C=S) groups is 1. The van der Waals surface area contributed by atoms with Crippen molar-refractivity contribution in [3.63, 3.8) is 0 Å². The van der Waals surface area contributed by atoms with E-state index >= 15 is 0 Å². The zero-order valence-corrected chi connectivity index (χ0v) is 9.02. The summed E-state index contributed by atoms with van der Waals surface area (Å²) in [7, 11) is 0. The Hall–Kier alpha value is -0.810. The third-order valence-corrected chi connectivity index (χ3v) is 2.31. The first kappa shape index (κ1) is 11.3. The van der Waals surface area contributed by atoms with E-state index in [2.05, 4.69) is 16.8 Å². The van der Waals surface area contributed by atoms with Crippen molar-refractivity contribution in [2.24, 2.45) is 0 Å². The third-order valence-electron chi connectivity index (χ3n) is 1.91. The summed E-state index contributed by atoms with van der Waals surface area (Å²) in [6.07, 6.45) is 1.43. The maximum absolute atomic E-state index is 5.23. The molecule has 1 rings (SSSR count). The van der Waals surface area contributed by atoms with E-state index in [1.807, 2.05) is 0 Å². The van der Waals surface area contributed by atoms with Gasteiger partial charge in [0.05, 0.1) is 26.0 Å². The van der Waals surface area contributed by atoms with E-state index in [1.165, 1.54) is 6.26 Å². The summed E-state index contributed by atoms with van der Waals surface area (Å²) in [5.41, 5.74) is 0. The van der Waals surface area contributed by atoms with Crippen molar-refractivity contribution in [1.82, 2.24) is 10.2 Å². The van der Waals surface area contributed by atoms with Gasteiger partial charge in [-0.15, -0.1) is 0 Å². The van der Waals surface area contributed by atoms with E-state index in [9.17, 15) is 0 Å². The van der Waals surface area contributed by atoms with Crippen molar-refractivity contribution in [3.8, 4) is 0 Å². The predicted octanol–water partition coefficient (Wildman–Crippen LogP) is 0.353. The fourth-order valence-electron chi connectivity index (χ4n) is 1.18. The molecule has 0 saturated carbocycles. The van der Waals surface area contributed by atoms with Crippen molar-refractivity contribution >= 4 is 17.3 Å². The highest BCUT2D eigenvalue weighted by Crippen LogP contribution is 1.96. The van der Waals surface area contributed by atoms with E-state index in [1.54, 1.807) is 0 Å². The number of hydrogen-bond donors (Lipinski definition) is 1. The van der Waals surface area contributed by atoms with Crippen molar-refractivity contribution in [2.75, 3.05) is 39.5 Å². The summed E-state index contributed by atoms with van der Waals surface area (Å²) in [6.45, 7) is 8.01. The molecular weight excluding hydrogens is 200 g/mol. The number of rotatable bonds is 4. The van der Waals surface area contributed by atoms with Gasteiger partial charge in [-0.2, -0.15) is 0 Å². The first-order valence-electron chi connectivity index (χ1n) is 4.67. The van der Waals surface area contributed by atoms with Crippen LogP contribution < -0.4 is 5.32 Å². The number of morpholine rings is 1. The Kier molecular flexibility index (Phi) is 5.32. The lowest BCUT2D eigenvalue weighted by atomic mass is 10.4. The van der Waals surface area contributed by atoms with E-state index in [0.717, 1.165) is 31.4 Å². The quantitative estimate of drug-likeness (QED) is 0.417. The maximum Gasteiger partial charge on any atom is 0.169 e. The fraction of sp³-hybridized carbons (Fsp3) is 0.667. The van der Waals surface area contributed by atoms with Gasteiger partial charge in [0.2, 0.25) is 0 Å². The van der Waals surface area contributed by atoms with Crippen LogP contribution >= 0.6 is 12.2 Å². The Morgan fingerprint density at radius 1 is 1.57 bits per heavy atom. The molecule has 0 aromatic carbocycles. The number of nitrogens with zero attached hydrogens (tertiary/aromatic N) is 1. The van der Waals surface area contributed by atoms with Crippen LogP contribution in [0.5, 0.6) is 0 Å². The molecule has 14 heavy (non-hydrogen) atoms. The van der Waals surface area contributed by atoms with Crippen LogP contribution in [-0.4, -0.2) is 49.5 Å². The van der Waals surface area contributed by atoms with Crippen molar-refractivity contribution < 1.29 is 9.47 Å². The average molecular weight is 216 g/mol. The molecule has 0 spiro atoms. The maximum atomic E-state index is 5.23. The molecule has 1 aliphatic rings. The fourth-order valence-corrected chi connectivity index (χ4v) is 1.46. The first-order chi connectivity index (χ1) is 6.84. The second-order valence-corrected chi connectivity index (χ2v) is 3.26. The van der Waals surface area contributed by atoms with Crippen LogP contribution in [0.1, 0.15) is 0 Å². The number of ether oxygens (including phenoxy) is 2. The van der Waals surface area contributed by atoms with Gasteiger partial charge in [-0.25, -0.2) is 0 Å². The van der Waals surface area contributed by atoms with Crippen LogP contribution in [-0.2, 0) is 9.47 Å². The summed E-state index contributed by atoms with van der Waals surface area (Å²) in [4.78, 5) is 2.10. The summed E-state index contributed by atoms with van der Waals surface area (Å²) in [5.74, 6) is 0. The van der Waals surface area contributed by atoms with Gasteiger partial charge in [-0.3, -0.25) is 0 Å². The molecule has 1 heterocycles. The molecule has 1 aliphatic heterocycles. The number of hydrogen-bond acceptors (Lipinski definition) is 3. The number of nitrogens with one attached hydrogen (secondary N) is 1. The lowest BCUT2D eigenvalue weighted by Gasteiger charge is -2.29. The third kappa shape index (κ3) is 3.93. The minimum absolute atomic E-state index is 0.591. The Morgan fingerprint density at radius 2 is 2.29 bits per heavy atom. The zero-order chi connectivity index (χ0) is 10.2. The van der Waals surface area contributed by atoms with Crippen LogP contribution in [0.3, 0.4) is 0 Å². The van der Waals surface area contributed by atoms with Crippen molar-refractivity contribution in [2.45, 2.75) is 0 Å². The molecule has 5 heteroatoms. The summed E-state index contributed by atoms with van der Waals surface area (Å²) < 4.78 is 10.2. The predicted molar refractivity (Wildman–Crippen MR) is 59.1 cm³/mol. The molecule has 0 atom stereocenters. The standard InChI is InChI=1S/C9H16N2O2S/c1-2-12-6-3-10-9(14)11-4-7-13-8-5-11/h2H,1,3-8H2,(H,10,14). The van der Waals surface area contributed by atoms with Crippen LogP contribution in [0, 0.1) is 0 Å². The molecular formula is C9H16N2O2S. The topological polar surface area (TPSA) is 33.7 Å². The molecule has 1 fully saturated rings. The summed E-state index contributed by atoms with van der Waals surface area (Å²) in [6, 6.07) is 0. The highest BCUT2D eigenvalue weighted by molar-refractivity contribution is 7.80. The summed E-state index contributed by atoms with van der Waals surface area (Å²) >= 11 is 5.20.